The quantitative estimate of drug-likeness (QED) is 0.931. The lowest BCUT2D eigenvalue weighted by molar-refractivity contribution is 0.127. The normalized spacial score (nSPS) is 25.1. The second kappa shape index (κ2) is 6.90. The van der Waals surface area contributed by atoms with E-state index in [0.717, 1.165) is 30.2 Å². The smallest absolute Gasteiger partial charge is 0.0514 e. The zero-order valence-corrected chi connectivity index (χ0v) is 13.5. The van der Waals surface area contributed by atoms with Gasteiger partial charge in [0.1, 0.15) is 0 Å². The van der Waals surface area contributed by atoms with Gasteiger partial charge in [-0.25, -0.2) is 0 Å². The van der Waals surface area contributed by atoms with Crippen molar-refractivity contribution in [3.05, 3.63) is 34.9 Å². The summed E-state index contributed by atoms with van der Waals surface area (Å²) in [5.41, 5.74) is 7.46. The van der Waals surface area contributed by atoms with E-state index >= 15 is 0 Å². The van der Waals surface area contributed by atoms with Crippen molar-refractivity contribution in [2.75, 3.05) is 26.7 Å². The third-order valence-corrected chi connectivity index (χ3v) is 4.52. The first-order chi connectivity index (χ1) is 9.50. The van der Waals surface area contributed by atoms with Crippen LogP contribution >= 0.6 is 11.6 Å². The van der Waals surface area contributed by atoms with Crippen molar-refractivity contribution in [2.45, 2.75) is 38.4 Å². The summed E-state index contributed by atoms with van der Waals surface area (Å²) >= 11 is 6.41. The molecular weight excluding hydrogens is 270 g/mol. The maximum Gasteiger partial charge on any atom is 0.0514 e. The van der Waals surface area contributed by atoms with Gasteiger partial charge in [-0.1, -0.05) is 29.8 Å². The number of nitrogens with zero attached hydrogens (tertiary/aromatic N) is 2. The molecule has 1 aliphatic rings. The van der Waals surface area contributed by atoms with Crippen molar-refractivity contribution in [3.63, 3.8) is 0 Å². The first-order valence-corrected chi connectivity index (χ1v) is 7.82. The molecule has 0 amide bonds. The first kappa shape index (κ1) is 15.8. The molecule has 0 aliphatic carbocycles. The molecule has 1 heterocycles. The molecule has 1 saturated heterocycles. The fourth-order valence-electron chi connectivity index (χ4n) is 3.28. The van der Waals surface area contributed by atoms with Crippen molar-refractivity contribution in [2.24, 2.45) is 5.73 Å². The molecule has 2 N–H and O–H groups in total. The Kier molecular flexibility index (Phi) is 5.44. The van der Waals surface area contributed by atoms with E-state index in [1.165, 1.54) is 6.42 Å². The van der Waals surface area contributed by atoms with Crippen LogP contribution in [0, 0.1) is 0 Å². The van der Waals surface area contributed by atoms with E-state index in [1.54, 1.807) is 0 Å². The molecule has 0 saturated carbocycles. The number of hydrogen-bond acceptors (Lipinski definition) is 3. The summed E-state index contributed by atoms with van der Waals surface area (Å²) in [6.07, 6.45) is 1.18. The van der Waals surface area contributed by atoms with Gasteiger partial charge in [-0.15, -0.1) is 0 Å². The van der Waals surface area contributed by atoms with Crippen LogP contribution < -0.4 is 5.73 Å². The van der Waals surface area contributed by atoms with E-state index in [-0.39, 0.29) is 12.1 Å². The SMILES string of the molecule is CC(N)C(c1ccccc1Cl)N1CCCN(C)CC1C. The second-order valence-corrected chi connectivity index (χ2v) is 6.44. The molecule has 0 radical (unpaired) electrons. The molecule has 20 heavy (non-hydrogen) atoms. The molecule has 3 unspecified atom stereocenters. The molecule has 0 bridgehead atoms. The van der Waals surface area contributed by atoms with Gasteiger partial charge < -0.3 is 10.6 Å². The van der Waals surface area contributed by atoms with Crippen LogP contribution in [0.3, 0.4) is 0 Å². The summed E-state index contributed by atoms with van der Waals surface area (Å²) in [5, 5.41) is 0.819. The van der Waals surface area contributed by atoms with Crippen LogP contribution in [-0.4, -0.2) is 48.6 Å². The number of benzene rings is 1. The standard InChI is InChI=1S/C16H26ClN3/c1-12-11-19(3)9-6-10-20(12)16(13(2)18)14-7-4-5-8-15(14)17/h4-5,7-8,12-13,16H,6,9-11,18H2,1-3H3. The third kappa shape index (κ3) is 3.53. The van der Waals surface area contributed by atoms with Crippen molar-refractivity contribution >= 4 is 11.6 Å². The van der Waals surface area contributed by atoms with Crippen LogP contribution in [0.1, 0.15) is 31.9 Å². The molecule has 1 aliphatic heterocycles. The summed E-state index contributed by atoms with van der Waals surface area (Å²) in [6, 6.07) is 8.81. The first-order valence-electron chi connectivity index (χ1n) is 7.45. The Balaban J connectivity index is 2.31. The molecule has 112 valence electrons. The van der Waals surface area contributed by atoms with Crippen LogP contribution in [0.2, 0.25) is 5.02 Å². The lowest BCUT2D eigenvalue weighted by Crippen LogP contribution is -2.46. The number of rotatable bonds is 3. The van der Waals surface area contributed by atoms with Gasteiger partial charge in [0.15, 0.2) is 0 Å². The number of hydrogen-bond donors (Lipinski definition) is 1. The number of nitrogens with two attached hydrogens (primary N) is 1. The molecule has 0 spiro atoms. The van der Waals surface area contributed by atoms with Crippen LogP contribution in [0.25, 0.3) is 0 Å². The predicted molar refractivity (Wildman–Crippen MR) is 86.1 cm³/mol. The Labute approximate surface area is 127 Å². The molecule has 4 heteroatoms. The van der Waals surface area contributed by atoms with E-state index < -0.39 is 0 Å². The van der Waals surface area contributed by atoms with Gasteiger partial charge in [0.05, 0.1) is 6.04 Å². The Morgan fingerprint density at radius 1 is 1.30 bits per heavy atom. The highest BCUT2D eigenvalue weighted by atomic mass is 35.5. The Hall–Kier alpha value is -0.610. The Morgan fingerprint density at radius 2 is 2.00 bits per heavy atom. The van der Waals surface area contributed by atoms with Gasteiger partial charge in [0.2, 0.25) is 0 Å². The van der Waals surface area contributed by atoms with Gasteiger partial charge in [-0.05, 0) is 45.5 Å². The summed E-state index contributed by atoms with van der Waals surface area (Å²) in [5.74, 6) is 0. The Morgan fingerprint density at radius 3 is 2.65 bits per heavy atom. The monoisotopic (exact) mass is 295 g/mol. The molecule has 1 aromatic rings. The summed E-state index contributed by atoms with van der Waals surface area (Å²) in [7, 11) is 2.19. The van der Waals surface area contributed by atoms with Crippen LogP contribution in [0.5, 0.6) is 0 Å². The van der Waals surface area contributed by atoms with Crippen molar-refractivity contribution in [1.29, 1.82) is 0 Å². The highest BCUT2D eigenvalue weighted by Gasteiger charge is 2.31. The van der Waals surface area contributed by atoms with E-state index in [9.17, 15) is 0 Å². The molecule has 3 atom stereocenters. The average Bonchev–Trinajstić information content (AvgIpc) is 2.53. The highest BCUT2D eigenvalue weighted by Crippen LogP contribution is 2.32. The maximum atomic E-state index is 6.41. The minimum absolute atomic E-state index is 0.0563. The lowest BCUT2D eigenvalue weighted by atomic mass is 9.97. The van der Waals surface area contributed by atoms with Crippen molar-refractivity contribution in [1.82, 2.24) is 9.80 Å². The van der Waals surface area contributed by atoms with Gasteiger partial charge in [0.25, 0.3) is 0 Å². The van der Waals surface area contributed by atoms with E-state index in [1.807, 2.05) is 18.2 Å². The molecule has 3 nitrogen and oxygen atoms in total. The molecule has 0 aromatic heterocycles. The summed E-state index contributed by atoms with van der Waals surface area (Å²) in [4.78, 5) is 4.92. The number of halogens is 1. The largest absolute Gasteiger partial charge is 0.326 e. The molecule has 2 rings (SSSR count). The van der Waals surface area contributed by atoms with E-state index in [2.05, 4.69) is 36.8 Å². The van der Waals surface area contributed by atoms with E-state index in [0.29, 0.717) is 6.04 Å². The third-order valence-electron chi connectivity index (χ3n) is 4.18. The zero-order chi connectivity index (χ0) is 14.7. The number of likely N-dealkylation sites (N-methyl/N-ethyl adjacent to an activating group) is 1. The summed E-state index contributed by atoms with van der Waals surface area (Å²) in [6.45, 7) is 7.66. The van der Waals surface area contributed by atoms with Gasteiger partial charge >= 0.3 is 0 Å². The molecule has 1 aromatic carbocycles. The zero-order valence-electron chi connectivity index (χ0n) is 12.7. The fourth-order valence-corrected chi connectivity index (χ4v) is 3.53. The van der Waals surface area contributed by atoms with Gasteiger partial charge in [0, 0.05) is 30.2 Å². The highest BCUT2D eigenvalue weighted by molar-refractivity contribution is 6.31. The van der Waals surface area contributed by atoms with Gasteiger partial charge in [-0.2, -0.15) is 0 Å². The predicted octanol–water partition coefficient (Wildman–Crippen LogP) is 2.75. The Bertz CT molecular complexity index is 435. The lowest BCUT2D eigenvalue weighted by Gasteiger charge is -2.38. The van der Waals surface area contributed by atoms with Crippen molar-refractivity contribution < 1.29 is 0 Å². The minimum atomic E-state index is 0.0563. The van der Waals surface area contributed by atoms with Crippen molar-refractivity contribution in [3.8, 4) is 0 Å². The maximum absolute atomic E-state index is 6.41. The average molecular weight is 296 g/mol. The summed E-state index contributed by atoms with van der Waals surface area (Å²) < 4.78 is 0. The van der Waals surface area contributed by atoms with Gasteiger partial charge in [-0.3, -0.25) is 4.90 Å². The molecular formula is C16H26ClN3. The van der Waals surface area contributed by atoms with Crippen LogP contribution in [0.4, 0.5) is 0 Å². The van der Waals surface area contributed by atoms with Crippen LogP contribution in [-0.2, 0) is 0 Å². The van der Waals surface area contributed by atoms with E-state index in [4.69, 9.17) is 17.3 Å². The molecule has 1 fully saturated rings. The second-order valence-electron chi connectivity index (χ2n) is 6.03. The topological polar surface area (TPSA) is 32.5 Å². The fraction of sp³-hybridized carbons (Fsp3) is 0.625. The van der Waals surface area contributed by atoms with Crippen LogP contribution in [0.15, 0.2) is 24.3 Å². The minimum Gasteiger partial charge on any atom is -0.326 e.